The summed E-state index contributed by atoms with van der Waals surface area (Å²) in [5, 5.41) is 1.29. The van der Waals surface area contributed by atoms with E-state index in [-0.39, 0.29) is 5.92 Å². The lowest BCUT2D eigenvalue weighted by atomic mass is 9.82. The summed E-state index contributed by atoms with van der Waals surface area (Å²) in [4.78, 5) is 0.299. The molecule has 0 amide bonds. The van der Waals surface area contributed by atoms with Gasteiger partial charge in [0.05, 0.1) is 12.0 Å². The maximum absolute atomic E-state index is 14.1. The Kier molecular flexibility index (Phi) is 4.87. The van der Waals surface area contributed by atoms with Crippen LogP contribution in [-0.2, 0) is 9.84 Å². The van der Waals surface area contributed by atoms with Gasteiger partial charge in [0.2, 0.25) is 0 Å². The highest BCUT2D eigenvalue weighted by Gasteiger charge is 2.39. The van der Waals surface area contributed by atoms with Crippen molar-refractivity contribution in [2.45, 2.75) is 16.1 Å². The van der Waals surface area contributed by atoms with E-state index in [1.54, 1.807) is 31.4 Å². The van der Waals surface area contributed by atoms with E-state index < -0.39 is 15.1 Å². The second kappa shape index (κ2) is 7.71. The highest BCUT2D eigenvalue weighted by molar-refractivity contribution is 7.91. The number of hydrogen-bond donors (Lipinski definition) is 0. The molecule has 0 saturated carbocycles. The van der Waals surface area contributed by atoms with Gasteiger partial charge in [-0.1, -0.05) is 78.9 Å². The first kappa shape index (κ1) is 19.6. The van der Waals surface area contributed by atoms with Crippen LogP contribution in [0.25, 0.3) is 16.8 Å². The van der Waals surface area contributed by atoms with Gasteiger partial charge in [0, 0.05) is 5.92 Å². The topological polar surface area (TPSA) is 43.4 Å². The van der Waals surface area contributed by atoms with Gasteiger partial charge in [0.25, 0.3) is 0 Å². The van der Waals surface area contributed by atoms with Crippen molar-refractivity contribution in [2.24, 2.45) is 0 Å². The zero-order chi connectivity index (χ0) is 21.4. The number of ether oxygens (including phenoxy) is 1. The van der Waals surface area contributed by atoms with Crippen molar-refractivity contribution >= 4 is 26.7 Å². The molecule has 4 aromatic rings. The van der Waals surface area contributed by atoms with Gasteiger partial charge in [0.1, 0.15) is 11.0 Å². The van der Waals surface area contributed by atoms with E-state index in [4.69, 9.17) is 4.74 Å². The van der Waals surface area contributed by atoms with Gasteiger partial charge in [-0.05, 0) is 51.7 Å². The van der Waals surface area contributed by atoms with E-state index >= 15 is 0 Å². The maximum Gasteiger partial charge on any atom is 0.186 e. The lowest BCUT2D eigenvalue weighted by Crippen LogP contribution is -2.23. The average Bonchev–Trinajstić information content (AvgIpc) is 2.83. The number of benzene rings is 4. The van der Waals surface area contributed by atoms with Gasteiger partial charge in [-0.25, -0.2) is 8.42 Å². The Morgan fingerprint density at radius 1 is 0.774 bits per heavy atom. The van der Waals surface area contributed by atoms with Gasteiger partial charge in [0.15, 0.2) is 9.84 Å². The van der Waals surface area contributed by atoms with E-state index in [0.717, 1.165) is 27.5 Å². The van der Waals surface area contributed by atoms with E-state index in [2.05, 4.69) is 12.1 Å². The van der Waals surface area contributed by atoms with Crippen molar-refractivity contribution in [3.05, 3.63) is 114 Å². The van der Waals surface area contributed by atoms with E-state index in [1.165, 1.54) is 0 Å². The van der Waals surface area contributed by atoms with Crippen LogP contribution >= 0.6 is 0 Å². The Bertz CT molecular complexity index is 1370. The molecular weight excluding hydrogens is 404 g/mol. The van der Waals surface area contributed by atoms with Gasteiger partial charge in [-0.15, -0.1) is 0 Å². The van der Waals surface area contributed by atoms with Crippen molar-refractivity contribution in [3.63, 3.8) is 0 Å². The molecule has 4 aromatic carbocycles. The zero-order valence-corrected chi connectivity index (χ0v) is 17.9. The molecule has 0 spiro atoms. The third kappa shape index (κ3) is 3.33. The predicted molar refractivity (Wildman–Crippen MR) is 125 cm³/mol. The van der Waals surface area contributed by atoms with Crippen LogP contribution in [0.3, 0.4) is 0 Å². The maximum atomic E-state index is 14.1. The van der Waals surface area contributed by atoms with Crippen LogP contribution in [0.1, 0.15) is 27.9 Å². The van der Waals surface area contributed by atoms with E-state index in [0.29, 0.717) is 10.6 Å². The predicted octanol–water partition coefficient (Wildman–Crippen LogP) is 6.17. The highest BCUT2D eigenvalue weighted by atomic mass is 32.2. The molecule has 0 fully saturated rings. The minimum atomic E-state index is -3.70. The first-order chi connectivity index (χ1) is 15.1. The fourth-order valence-electron chi connectivity index (χ4n) is 4.48. The first-order valence-electron chi connectivity index (χ1n) is 10.2. The third-order valence-electron chi connectivity index (χ3n) is 6.00. The molecule has 0 radical (unpaired) electrons. The molecule has 0 aromatic heterocycles. The molecule has 4 heteroatoms. The van der Waals surface area contributed by atoms with Crippen molar-refractivity contribution < 1.29 is 13.2 Å². The monoisotopic (exact) mass is 426 g/mol. The quantitative estimate of drug-likeness (QED) is 0.392. The molecule has 0 saturated heterocycles. The van der Waals surface area contributed by atoms with Crippen LogP contribution in [0, 0.1) is 0 Å². The summed E-state index contributed by atoms with van der Waals surface area (Å²) in [7, 11) is -2.12. The Labute approximate surface area is 182 Å². The minimum Gasteiger partial charge on any atom is -0.497 e. The summed E-state index contributed by atoms with van der Waals surface area (Å²) in [6.07, 6.45) is 4.08. The third-order valence-corrected chi connectivity index (χ3v) is 8.13. The van der Waals surface area contributed by atoms with Gasteiger partial charge >= 0.3 is 0 Å². The normalized spacial score (nSPS) is 18.0. The Balaban J connectivity index is 1.78. The van der Waals surface area contributed by atoms with Gasteiger partial charge in [-0.2, -0.15) is 0 Å². The number of sulfone groups is 1. The van der Waals surface area contributed by atoms with Crippen molar-refractivity contribution in [3.8, 4) is 5.75 Å². The summed E-state index contributed by atoms with van der Waals surface area (Å²) in [5.41, 5.74) is 2.80. The lowest BCUT2D eigenvalue weighted by molar-refractivity contribution is 0.414. The molecule has 1 aliphatic carbocycles. The molecule has 0 N–H and O–H groups in total. The minimum absolute atomic E-state index is 0.286. The molecule has 1 aliphatic rings. The van der Waals surface area contributed by atoms with Crippen molar-refractivity contribution in [1.82, 2.24) is 0 Å². The number of allylic oxidation sites excluding steroid dienone is 1. The van der Waals surface area contributed by atoms with Crippen LogP contribution < -0.4 is 4.74 Å². The SMILES string of the molecule is COc1ccc(S(=O)(=O)C2c3c(ccc4ccccc34)C=CC2c2ccccc2)cc1. The highest BCUT2D eigenvalue weighted by Crippen LogP contribution is 2.48. The smallest absolute Gasteiger partial charge is 0.186 e. The average molecular weight is 427 g/mol. The first-order valence-corrected chi connectivity index (χ1v) is 11.8. The standard InChI is InChI=1S/C27H22O3S/c1-30-22-14-16-23(17-15-22)31(28,29)27-25(19-7-3-2-4-8-19)18-13-21-12-11-20-9-5-6-10-24(20)26(21)27/h2-18,25,27H,1H3. The van der Waals surface area contributed by atoms with Crippen molar-refractivity contribution in [2.75, 3.05) is 7.11 Å². The summed E-state index contributed by atoms with van der Waals surface area (Å²) in [5.74, 6) is 0.347. The molecule has 5 rings (SSSR count). The molecule has 0 heterocycles. The summed E-state index contributed by atoms with van der Waals surface area (Å²) >= 11 is 0. The lowest BCUT2D eigenvalue weighted by Gasteiger charge is -2.31. The summed E-state index contributed by atoms with van der Waals surface area (Å²) in [6, 6.07) is 28.6. The Morgan fingerprint density at radius 3 is 2.23 bits per heavy atom. The molecule has 2 atom stereocenters. The van der Waals surface area contributed by atoms with Gasteiger partial charge in [-0.3, -0.25) is 0 Å². The molecule has 31 heavy (non-hydrogen) atoms. The summed E-state index contributed by atoms with van der Waals surface area (Å²) in [6.45, 7) is 0. The second-order valence-corrected chi connectivity index (χ2v) is 9.80. The second-order valence-electron chi connectivity index (χ2n) is 7.73. The molecule has 2 unspecified atom stereocenters. The largest absolute Gasteiger partial charge is 0.497 e. The molecular formula is C27H22O3S. The molecule has 0 bridgehead atoms. The summed E-state index contributed by atoms with van der Waals surface area (Å²) < 4.78 is 33.4. The Morgan fingerprint density at radius 2 is 1.48 bits per heavy atom. The molecule has 154 valence electrons. The fourth-order valence-corrected chi connectivity index (χ4v) is 6.50. The zero-order valence-electron chi connectivity index (χ0n) is 17.1. The fraction of sp³-hybridized carbons (Fsp3) is 0.111. The number of hydrogen-bond acceptors (Lipinski definition) is 3. The van der Waals surface area contributed by atoms with Crippen LogP contribution in [0.5, 0.6) is 5.75 Å². The molecule has 3 nitrogen and oxygen atoms in total. The van der Waals surface area contributed by atoms with Crippen LogP contribution in [0.2, 0.25) is 0 Å². The molecule has 0 aliphatic heterocycles. The van der Waals surface area contributed by atoms with Crippen LogP contribution in [0.4, 0.5) is 0 Å². The number of fused-ring (bicyclic) bond motifs is 3. The van der Waals surface area contributed by atoms with Crippen molar-refractivity contribution in [1.29, 1.82) is 0 Å². The van der Waals surface area contributed by atoms with E-state index in [1.807, 2.05) is 66.7 Å². The van der Waals surface area contributed by atoms with Crippen LogP contribution in [-0.4, -0.2) is 15.5 Å². The van der Waals surface area contributed by atoms with Crippen LogP contribution in [0.15, 0.2) is 102 Å². The number of methoxy groups -OCH3 is 1. The number of rotatable bonds is 4. The van der Waals surface area contributed by atoms with E-state index in [9.17, 15) is 8.42 Å². The Hall–Kier alpha value is -3.37. The van der Waals surface area contributed by atoms with Gasteiger partial charge < -0.3 is 4.74 Å².